The zero-order chi connectivity index (χ0) is 12.2. The lowest BCUT2D eigenvalue weighted by Gasteiger charge is -2.38. The zero-order valence-electron chi connectivity index (χ0n) is 10.6. The number of nitrogens with one attached hydrogen (secondary N) is 1. The van der Waals surface area contributed by atoms with E-state index < -0.39 is 5.41 Å². The molecular formula is C13H21NO2. The van der Waals surface area contributed by atoms with Crippen LogP contribution in [0.2, 0.25) is 0 Å². The van der Waals surface area contributed by atoms with Crippen LogP contribution in [0.3, 0.4) is 0 Å². The zero-order valence-corrected chi connectivity index (χ0v) is 10.6. The van der Waals surface area contributed by atoms with Gasteiger partial charge in [-0.2, -0.15) is 0 Å². The van der Waals surface area contributed by atoms with E-state index >= 15 is 0 Å². The summed E-state index contributed by atoms with van der Waals surface area (Å²) in [7, 11) is 0. The number of rotatable bonds is 2. The van der Waals surface area contributed by atoms with Crippen LogP contribution in [0.5, 0.6) is 0 Å². The third-order valence-electron chi connectivity index (χ3n) is 5.48. The maximum atomic E-state index is 12.3. The van der Waals surface area contributed by atoms with Gasteiger partial charge in [-0.05, 0) is 25.2 Å². The molecule has 3 nitrogen and oxygen atoms in total. The third kappa shape index (κ3) is 0.994. The van der Waals surface area contributed by atoms with E-state index in [1.807, 2.05) is 13.8 Å². The van der Waals surface area contributed by atoms with Crippen molar-refractivity contribution < 1.29 is 9.59 Å². The van der Waals surface area contributed by atoms with E-state index in [9.17, 15) is 9.59 Å². The predicted molar refractivity (Wildman–Crippen MR) is 61.9 cm³/mol. The fraction of sp³-hybridized carbons (Fsp3) is 0.846. The molecule has 2 saturated carbocycles. The Morgan fingerprint density at radius 3 is 2.31 bits per heavy atom. The second kappa shape index (κ2) is 3.08. The van der Waals surface area contributed by atoms with Gasteiger partial charge >= 0.3 is 0 Å². The normalized spacial score (nSPS) is 40.1. The Morgan fingerprint density at radius 1 is 1.31 bits per heavy atom. The Bertz CT molecular complexity index is 361. The van der Waals surface area contributed by atoms with Gasteiger partial charge in [0.1, 0.15) is 5.78 Å². The molecule has 2 fully saturated rings. The SMILES string of the molecule is CCNC(=O)[C@]12CC[C@@](C)(C(=O)C1)C2(C)C. The number of hydrogen-bond donors (Lipinski definition) is 1. The quantitative estimate of drug-likeness (QED) is 0.777. The summed E-state index contributed by atoms with van der Waals surface area (Å²) in [6, 6.07) is 0. The summed E-state index contributed by atoms with van der Waals surface area (Å²) in [5, 5.41) is 2.91. The highest BCUT2D eigenvalue weighted by molar-refractivity contribution is 5.99. The second-order valence-electron chi connectivity index (χ2n) is 6.00. The summed E-state index contributed by atoms with van der Waals surface area (Å²) in [6.07, 6.45) is 2.15. The Labute approximate surface area is 97.0 Å². The molecule has 90 valence electrons. The van der Waals surface area contributed by atoms with Gasteiger partial charge in [-0.25, -0.2) is 0 Å². The van der Waals surface area contributed by atoms with Crippen LogP contribution >= 0.6 is 0 Å². The van der Waals surface area contributed by atoms with Crippen molar-refractivity contribution in [3.63, 3.8) is 0 Å². The molecule has 0 aromatic heterocycles. The van der Waals surface area contributed by atoms with Gasteiger partial charge in [0.15, 0.2) is 0 Å². The van der Waals surface area contributed by atoms with Gasteiger partial charge in [0.05, 0.1) is 5.41 Å². The molecule has 2 rings (SSSR count). The van der Waals surface area contributed by atoms with Crippen LogP contribution in [0.1, 0.15) is 47.0 Å². The second-order valence-corrected chi connectivity index (χ2v) is 6.00. The number of ketones is 1. The maximum absolute atomic E-state index is 12.3. The molecule has 2 aliphatic rings. The fourth-order valence-electron chi connectivity index (χ4n) is 3.69. The maximum Gasteiger partial charge on any atom is 0.227 e. The predicted octanol–water partition coefficient (Wildman–Crippen LogP) is 1.91. The molecular weight excluding hydrogens is 202 g/mol. The van der Waals surface area contributed by atoms with Gasteiger partial charge in [0, 0.05) is 18.4 Å². The van der Waals surface area contributed by atoms with Gasteiger partial charge in [-0.3, -0.25) is 9.59 Å². The van der Waals surface area contributed by atoms with Gasteiger partial charge in [0.25, 0.3) is 0 Å². The van der Waals surface area contributed by atoms with Crippen molar-refractivity contribution >= 4 is 11.7 Å². The number of amides is 1. The summed E-state index contributed by atoms with van der Waals surface area (Å²) in [5.41, 5.74) is -0.955. The van der Waals surface area contributed by atoms with Gasteiger partial charge in [-0.1, -0.05) is 20.8 Å². The minimum Gasteiger partial charge on any atom is -0.356 e. The Morgan fingerprint density at radius 2 is 1.94 bits per heavy atom. The van der Waals surface area contributed by atoms with Gasteiger partial charge in [-0.15, -0.1) is 0 Å². The van der Waals surface area contributed by atoms with E-state index in [0.717, 1.165) is 12.8 Å². The number of Topliss-reactive ketones (excluding diaryl/α,β-unsaturated/α-hetero) is 1. The van der Waals surface area contributed by atoms with Crippen LogP contribution in [0.15, 0.2) is 0 Å². The molecule has 2 bridgehead atoms. The Hall–Kier alpha value is -0.860. The van der Waals surface area contributed by atoms with Crippen molar-refractivity contribution in [2.24, 2.45) is 16.2 Å². The standard InChI is InChI=1S/C13H21NO2/c1-5-14-10(16)13-7-6-12(4,9(15)8-13)11(13,2)3/h5-8H2,1-4H3,(H,14,16)/t12-,13-/m0/s1. The smallest absolute Gasteiger partial charge is 0.227 e. The lowest BCUT2D eigenvalue weighted by Crippen LogP contribution is -2.46. The number of hydrogen-bond acceptors (Lipinski definition) is 2. The van der Waals surface area contributed by atoms with Crippen molar-refractivity contribution in [2.45, 2.75) is 47.0 Å². The first-order valence-electron chi connectivity index (χ1n) is 6.13. The van der Waals surface area contributed by atoms with Crippen molar-refractivity contribution in [2.75, 3.05) is 6.54 Å². The molecule has 2 aliphatic carbocycles. The Kier molecular flexibility index (Phi) is 2.24. The molecule has 0 aromatic carbocycles. The van der Waals surface area contributed by atoms with Gasteiger partial charge in [0.2, 0.25) is 5.91 Å². The number of carbonyl (C=O) groups is 2. The average molecular weight is 223 g/mol. The first-order valence-corrected chi connectivity index (χ1v) is 6.13. The lowest BCUT2D eigenvalue weighted by molar-refractivity contribution is -0.136. The molecule has 0 heterocycles. The van der Waals surface area contributed by atoms with Crippen LogP contribution in [0.4, 0.5) is 0 Å². The molecule has 0 aliphatic heterocycles. The fourth-order valence-corrected chi connectivity index (χ4v) is 3.69. The molecule has 1 N–H and O–H groups in total. The number of carbonyl (C=O) groups excluding carboxylic acids is 2. The first kappa shape index (κ1) is 11.6. The summed E-state index contributed by atoms with van der Waals surface area (Å²) < 4.78 is 0. The van der Waals surface area contributed by atoms with Crippen molar-refractivity contribution in [1.29, 1.82) is 0 Å². The van der Waals surface area contributed by atoms with E-state index in [2.05, 4.69) is 19.2 Å². The Balaban J connectivity index is 2.44. The highest BCUT2D eigenvalue weighted by Gasteiger charge is 2.72. The molecule has 2 atom stereocenters. The van der Waals surface area contributed by atoms with Gasteiger partial charge < -0.3 is 5.32 Å². The van der Waals surface area contributed by atoms with Crippen molar-refractivity contribution in [3.8, 4) is 0 Å². The highest BCUT2D eigenvalue weighted by atomic mass is 16.2. The van der Waals surface area contributed by atoms with E-state index in [1.54, 1.807) is 0 Å². The van der Waals surface area contributed by atoms with Crippen LogP contribution in [0.25, 0.3) is 0 Å². The molecule has 0 radical (unpaired) electrons. The summed E-state index contributed by atoms with van der Waals surface area (Å²) in [6.45, 7) is 8.76. The third-order valence-corrected chi connectivity index (χ3v) is 5.48. The molecule has 0 aromatic rings. The van der Waals surface area contributed by atoms with Crippen LogP contribution in [-0.2, 0) is 9.59 Å². The molecule has 16 heavy (non-hydrogen) atoms. The monoisotopic (exact) mass is 223 g/mol. The number of fused-ring (bicyclic) bond motifs is 2. The van der Waals surface area contributed by atoms with Crippen LogP contribution in [-0.4, -0.2) is 18.2 Å². The van der Waals surface area contributed by atoms with E-state index in [1.165, 1.54) is 0 Å². The van der Waals surface area contributed by atoms with Crippen LogP contribution < -0.4 is 5.32 Å². The molecule has 0 saturated heterocycles. The molecule has 0 spiro atoms. The van der Waals surface area contributed by atoms with E-state index in [0.29, 0.717) is 13.0 Å². The topological polar surface area (TPSA) is 46.2 Å². The minimum absolute atomic E-state index is 0.0783. The molecule has 0 unspecified atom stereocenters. The van der Waals surface area contributed by atoms with Crippen molar-refractivity contribution in [3.05, 3.63) is 0 Å². The van der Waals surface area contributed by atoms with Crippen LogP contribution in [0, 0.1) is 16.2 Å². The summed E-state index contributed by atoms with van der Waals surface area (Å²) >= 11 is 0. The van der Waals surface area contributed by atoms with Crippen molar-refractivity contribution in [1.82, 2.24) is 5.32 Å². The summed E-state index contributed by atoms with van der Waals surface area (Å²) in [4.78, 5) is 24.4. The highest BCUT2D eigenvalue weighted by Crippen LogP contribution is 2.70. The molecule has 3 heteroatoms. The van der Waals surface area contributed by atoms with E-state index in [-0.39, 0.29) is 22.5 Å². The lowest BCUT2D eigenvalue weighted by atomic mass is 9.64. The largest absolute Gasteiger partial charge is 0.356 e. The van der Waals surface area contributed by atoms with E-state index in [4.69, 9.17) is 0 Å². The minimum atomic E-state index is -0.450. The molecule has 1 amide bonds. The first-order chi connectivity index (χ1) is 7.32. The average Bonchev–Trinajstić information content (AvgIpc) is 2.48. The summed E-state index contributed by atoms with van der Waals surface area (Å²) in [5.74, 6) is 0.351.